The summed E-state index contributed by atoms with van der Waals surface area (Å²) in [6.45, 7) is 6.00. The van der Waals surface area contributed by atoms with Gasteiger partial charge in [0.15, 0.2) is 0 Å². The lowest BCUT2D eigenvalue weighted by molar-refractivity contribution is -0.137. The molecule has 2 atom stereocenters. The van der Waals surface area contributed by atoms with Crippen LogP contribution in [0.1, 0.15) is 74.3 Å². The summed E-state index contributed by atoms with van der Waals surface area (Å²) in [5.74, 6) is 0.121. The zero-order valence-corrected chi connectivity index (χ0v) is 26.1. The maximum absolute atomic E-state index is 13.5. The highest BCUT2D eigenvalue weighted by atomic mass is 16.2. The number of hydrogen-bond donors (Lipinski definition) is 3. The molecule has 2 aromatic rings. The predicted octanol–water partition coefficient (Wildman–Crippen LogP) is 2.73. The lowest BCUT2D eigenvalue weighted by Gasteiger charge is -2.36. The fourth-order valence-corrected chi connectivity index (χ4v) is 6.39. The Kier molecular flexibility index (Phi) is 10.7. The number of hydrogen-bond acceptors (Lipinski definition) is 6. The van der Waals surface area contributed by atoms with Crippen LogP contribution in [0.5, 0.6) is 0 Å². The second kappa shape index (κ2) is 14.8. The summed E-state index contributed by atoms with van der Waals surface area (Å²) in [6.07, 6.45) is 9.86. The van der Waals surface area contributed by atoms with E-state index in [0.29, 0.717) is 37.3 Å². The number of carbonyl (C=O) groups excluding carboxylic acids is 4. The van der Waals surface area contributed by atoms with Crippen molar-refractivity contribution in [2.75, 3.05) is 38.0 Å². The van der Waals surface area contributed by atoms with E-state index in [2.05, 4.69) is 25.9 Å². The lowest BCUT2D eigenvalue weighted by atomic mass is 9.83. The van der Waals surface area contributed by atoms with E-state index in [4.69, 9.17) is 0 Å². The average molecular weight is 606 g/mol. The summed E-state index contributed by atoms with van der Waals surface area (Å²) in [6, 6.07) is 7.72. The second-order valence-corrected chi connectivity index (χ2v) is 12.6. The number of anilines is 1. The first-order valence-electron chi connectivity index (χ1n) is 16.3. The van der Waals surface area contributed by atoms with Crippen LogP contribution in [0, 0.1) is 11.8 Å². The molecule has 0 spiro atoms. The molecule has 1 aliphatic heterocycles. The van der Waals surface area contributed by atoms with Crippen molar-refractivity contribution in [3.05, 3.63) is 47.8 Å². The molecule has 2 saturated carbocycles. The first kappa shape index (κ1) is 31.7. The van der Waals surface area contributed by atoms with Crippen LogP contribution in [0.2, 0.25) is 0 Å². The summed E-state index contributed by atoms with van der Waals surface area (Å²) in [5, 5.41) is 13.0. The zero-order chi connectivity index (χ0) is 31.1. The number of benzene rings is 1. The van der Waals surface area contributed by atoms with Gasteiger partial charge in [-0.1, -0.05) is 38.3 Å². The van der Waals surface area contributed by atoms with Crippen molar-refractivity contribution in [3.8, 4) is 0 Å². The van der Waals surface area contributed by atoms with Gasteiger partial charge in [-0.05, 0) is 61.3 Å². The molecule has 11 nitrogen and oxygen atoms in total. The molecule has 238 valence electrons. The number of piperazine rings is 1. The minimum Gasteiger partial charge on any atom is -0.344 e. The van der Waals surface area contributed by atoms with E-state index in [1.807, 2.05) is 29.2 Å². The van der Waals surface area contributed by atoms with E-state index < -0.39 is 12.1 Å². The Balaban J connectivity index is 1.21. The van der Waals surface area contributed by atoms with Crippen LogP contribution in [0.3, 0.4) is 0 Å². The topological polar surface area (TPSA) is 129 Å². The maximum atomic E-state index is 13.5. The van der Waals surface area contributed by atoms with Crippen molar-refractivity contribution in [1.82, 2.24) is 30.2 Å². The van der Waals surface area contributed by atoms with Crippen molar-refractivity contribution < 1.29 is 19.2 Å². The van der Waals surface area contributed by atoms with Gasteiger partial charge in [0, 0.05) is 64.5 Å². The van der Waals surface area contributed by atoms with E-state index >= 15 is 0 Å². The van der Waals surface area contributed by atoms with Crippen LogP contribution in [-0.4, -0.2) is 88.0 Å². The van der Waals surface area contributed by atoms with Gasteiger partial charge in [-0.3, -0.25) is 28.8 Å². The Hall–Kier alpha value is -3.73. The number of rotatable bonds is 12. The third-order valence-electron chi connectivity index (χ3n) is 9.26. The van der Waals surface area contributed by atoms with E-state index in [9.17, 15) is 19.2 Å². The number of amides is 4. The minimum absolute atomic E-state index is 0.0465. The van der Waals surface area contributed by atoms with Gasteiger partial charge in [-0.2, -0.15) is 5.10 Å². The van der Waals surface area contributed by atoms with Crippen molar-refractivity contribution in [2.24, 2.45) is 18.9 Å². The molecule has 0 bridgehead atoms. The Morgan fingerprint density at radius 2 is 1.61 bits per heavy atom. The highest BCUT2D eigenvalue weighted by Crippen LogP contribution is 2.30. The van der Waals surface area contributed by atoms with Crippen molar-refractivity contribution in [3.63, 3.8) is 0 Å². The summed E-state index contributed by atoms with van der Waals surface area (Å²) in [7, 11) is 1.70. The summed E-state index contributed by atoms with van der Waals surface area (Å²) >= 11 is 0. The Morgan fingerprint density at radius 3 is 2.23 bits per heavy atom. The highest BCUT2D eigenvalue weighted by Gasteiger charge is 2.33. The van der Waals surface area contributed by atoms with Crippen LogP contribution < -0.4 is 16.0 Å². The van der Waals surface area contributed by atoms with Crippen molar-refractivity contribution in [2.45, 2.75) is 76.8 Å². The first-order chi connectivity index (χ1) is 21.3. The quantitative estimate of drug-likeness (QED) is 0.341. The third kappa shape index (κ3) is 8.46. The van der Waals surface area contributed by atoms with Gasteiger partial charge in [0.05, 0.1) is 0 Å². The molecule has 4 amide bonds. The molecular weight excluding hydrogens is 558 g/mol. The van der Waals surface area contributed by atoms with Gasteiger partial charge >= 0.3 is 0 Å². The highest BCUT2D eigenvalue weighted by molar-refractivity contribution is 6.00. The summed E-state index contributed by atoms with van der Waals surface area (Å²) in [4.78, 5) is 56.7. The summed E-state index contributed by atoms with van der Waals surface area (Å²) < 4.78 is 1.50. The number of aromatic nitrogens is 2. The SMILES string of the molecule is CCC(=O)NC(Cc1ccc(NC(=O)[C@@H](NC(=O)c2ccnn2C)C2CCCCC2)cc1)C(=O)N1CCN(CC2CC2)CC1. The van der Waals surface area contributed by atoms with Gasteiger partial charge in [0.2, 0.25) is 17.7 Å². The van der Waals surface area contributed by atoms with E-state index in [1.165, 1.54) is 17.5 Å². The molecule has 2 heterocycles. The van der Waals surface area contributed by atoms with Crippen molar-refractivity contribution >= 4 is 29.3 Å². The van der Waals surface area contributed by atoms with Gasteiger partial charge < -0.3 is 20.9 Å². The normalized spacial score (nSPS) is 19.2. The number of nitrogens with one attached hydrogen (secondary N) is 3. The predicted molar refractivity (Wildman–Crippen MR) is 168 cm³/mol. The molecule has 0 radical (unpaired) electrons. The fraction of sp³-hybridized carbons (Fsp3) is 0.606. The van der Waals surface area contributed by atoms with Crippen LogP contribution in [0.25, 0.3) is 0 Å². The first-order valence-corrected chi connectivity index (χ1v) is 16.3. The van der Waals surface area contributed by atoms with E-state index in [1.54, 1.807) is 26.2 Å². The van der Waals surface area contributed by atoms with Crippen molar-refractivity contribution in [1.29, 1.82) is 0 Å². The van der Waals surface area contributed by atoms with E-state index in [-0.39, 0.29) is 29.5 Å². The Morgan fingerprint density at radius 1 is 0.909 bits per heavy atom. The Labute approximate surface area is 260 Å². The second-order valence-electron chi connectivity index (χ2n) is 12.6. The van der Waals surface area contributed by atoms with Gasteiger partial charge in [-0.25, -0.2) is 0 Å². The standard InChI is InChI=1S/C33H47N7O4/c1-3-29(41)36-27(33(44)40-19-17-39(18-20-40)22-24-9-10-24)21-23-11-13-26(14-12-23)35-32(43)30(25-7-5-4-6-8-25)37-31(42)28-15-16-34-38(28)2/h11-16,24-25,27,30H,3-10,17-22H2,1-2H3,(H,35,43)(H,36,41)(H,37,42)/t27?,30-/m0/s1. The molecule has 3 fully saturated rings. The van der Waals surface area contributed by atoms with Crippen LogP contribution in [0.4, 0.5) is 5.69 Å². The monoisotopic (exact) mass is 605 g/mol. The third-order valence-corrected chi connectivity index (χ3v) is 9.26. The number of nitrogens with zero attached hydrogens (tertiary/aromatic N) is 4. The molecule has 1 aromatic carbocycles. The fourth-order valence-electron chi connectivity index (χ4n) is 6.39. The average Bonchev–Trinajstić information content (AvgIpc) is 3.76. The number of aryl methyl sites for hydroxylation is 1. The van der Waals surface area contributed by atoms with Crippen LogP contribution in [0.15, 0.2) is 36.5 Å². The van der Waals surface area contributed by atoms with Gasteiger partial charge in [-0.15, -0.1) is 0 Å². The molecular formula is C33H47N7O4. The smallest absolute Gasteiger partial charge is 0.270 e. The number of carbonyl (C=O) groups is 4. The van der Waals surface area contributed by atoms with Gasteiger partial charge in [0.1, 0.15) is 17.8 Å². The molecule has 1 unspecified atom stereocenters. The molecule has 2 aliphatic carbocycles. The largest absolute Gasteiger partial charge is 0.344 e. The molecule has 1 saturated heterocycles. The molecule has 3 N–H and O–H groups in total. The van der Waals surface area contributed by atoms with Crippen LogP contribution in [-0.2, 0) is 27.9 Å². The Bertz CT molecular complexity index is 1290. The summed E-state index contributed by atoms with van der Waals surface area (Å²) in [5.41, 5.74) is 1.91. The van der Waals surface area contributed by atoms with Crippen LogP contribution >= 0.6 is 0 Å². The van der Waals surface area contributed by atoms with E-state index in [0.717, 1.165) is 63.2 Å². The molecule has 11 heteroatoms. The molecule has 3 aliphatic rings. The van der Waals surface area contributed by atoms with Gasteiger partial charge in [0.25, 0.3) is 5.91 Å². The minimum atomic E-state index is -0.659. The molecule has 5 rings (SSSR count). The molecule has 1 aromatic heterocycles. The zero-order valence-electron chi connectivity index (χ0n) is 26.1. The lowest BCUT2D eigenvalue weighted by Crippen LogP contribution is -2.55. The maximum Gasteiger partial charge on any atom is 0.270 e. The molecule has 44 heavy (non-hydrogen) atoms.